The predicted molar refractivity (Wildman–Crippen MR) is 42.7 cm³/mol. The number of ether oxygens (including phenoxy) is 1. The van der Waals surface area contributed by atoms with Gasteiger partial charge in [-0.1, -0.05) is 6.07 Å². The fraction of sp³-hybridized carbons (Fsp3) is 0.250. The number of nitrogens with two attached hydrogens (primary N) is 1. The van der Waals surface area contributed by atoms with Gasteiger partial charge in [-0.25, -0.2) is 0 Å². The highest BCUT2D eigenvalue weighted by molar-refractivity contribution is 5.40. The summed E-state index contributed by atoms with van der Waals surface area (Å²) in [6, 6.07) is 3.39. The second-order valence-corrected chi connectivity index (χ2v) is 2.54. The number of phenols is 1. The number of hydrogen-bond donors (Lipinski definition) is 2. The summed E-state index contributed by atoms with van der Waals surface area (Å²) in [7, 11) is 0. The van der Waals surface area contributed by atoms with Gasteiger partial charge in [0.05, 0.1) is 0 Å². The fourth-order valence-corrected chi connectivity index (χ4v) is 0.932. The Balaban J connectivity index is 2.99. The molecule has 0 atom stereocenters. The minimum Gasteiger partial charge on any atom is -0.508 e. The quantitative estimate of drug-likeness (QED) is 0.776. The van der Waals surface area contributed by atoms with Gasteiger partial charge < -0.3 is 15.6 Å². The van der Waals surface area contributed by atoms with E-state index < -0.39 is 12.1 Å². The molecule has 0 saturated heterocycles. The molecule has 0 bridgehead atoms. The molecule has 0 aromatic heterocycles. The van der Waals surface area contributed by atoms with Crippen molar-refractivity contribution in [1.82, 2.24) is 0 Å². The van der Waals surface area contributed by atoms with Gasteiger partial charge >= 0.3 is 6.36 Å². The molecular weight excluding hydrogens is 199 g/mol. The highest BCUT2D eigenvalue weighted by atomic mass is 19.4. The molecule has 1 rings (SSSR count). The van der Waals surface area contributed by atoms with Gasteiger partial charge in [-0.2, -0.15) is 0 Å². The summed E-state index contributed by atoms with van der Waals surface area (Å²) in [5.74, 6) is -0.776. The zero-order valence-corrected chi connectivity index (χ0v) is 7.01. The van der Waals surface area contributed by atoms with Crippen LogP contribution in [0.1, 0.15) is 5.56 Å². The van der Waals surface area contributed by atoms with Crippen LogP contribution in [0.4, 0.5) is 13.2 Å². The number of phenolic OH excluding ortho intramolecular Hbond substituents is 1. The Kier molecular flexibility index (Phi) is 2.85. The average Bonchev–Trinajstić information content (AvgIpc) is 2.01. The topological polar surface area (TPSA) is 55.5 Å². The minimum atomic E-state index is -4.78. The monoisotopic (exact) mass is 207 g/mol. The summed E-state index contributed by atoms with van der Waals surface area (Å²) in [5.41, 5.74) is 5.37. The van der Waals surface area contributed by atoms with E-state index in [-0.39, 0.29) is 17.9 Å². The number of benzene rings is 1. The van der Waals surface area contributed by atoms with E-state index in [0.29, 0.717) is 0 Å². The maximum absolute atomic E-state index is 11.8. The SMILES string of the molecule is NCc1ccc(O)cc1OC(F)(F)F. The summed E-state index contributed by atoms with van der Waals surface area (Å²) >= 11 is 0. The molecule has 0 aliphatic heterocycles. The Hall–Kier alpha value is -1.43. The lowest BCUT2D eigenvalue weighted by Crippen LogP contribution is -2.18. The summed E-state index contributed by atoms with van der Waals surface area (Å²) in [6.07, 6.45) is -4.78. The molecule has 1 aromatic carbocycles. The van der Waals surface area contributed by atoms with Gasteiger partial charge in [0.2, 0.25) is 0 Å². The van der Waals surface area contributed by atoms with Crippen molar-refractivity contribution in [3.05, 3.63) is 23.8 Å². The van der Waals surface area contributed by atoms with Crippen LogP contribution in [0.5, 0.6) is 11.5 Å². The molecule has 0 heterocycles. The van der Waals surface area contributed by atoms with Crippen LogP contribution in [-0.2, 0) is 6.54 Å². The Labute approximate surface area is 77.9 Å². The number of rotatable bonds is 2. The number of aromatic hydroxyl groups is 1. The van der Waals surface area contributed by atoms with Crippen molar-refractivity contribution in [3.63, 3.8) is 0 Å². The maximum Gasteiger partial charge on any atom is 0.573 e. The van der Waals surface area contributed by atoms with Crippen LogP contribution < -0.4 is 10.5 Å². The van der Waals surface area contributed by atoms with Crippen LogP contribution in [0.3, 0.4) is 0 Å². The van der Waals surface area contributed by atoms with E-state index in [1.807, 2.05) is 0 Å². The summed E-state index contributed by atoms with van der Waals surface area (Å²) in [5, 5.41) is 8.94. The van der Waals surface area contributed by atoms with Gasteiger partial charge in [-0.15, -0.1) is 13.2 Å². The first-order chi connectivity index (χ1) is 6.42. The zero-order chi connectivity index (χ0) is 10.8. The lowest BCUT2D eigenvalue weighted by molar-refractivity contribution is -0.274. The molecule has 0 fully saturated rings. The first kappa shape index (κ1) is 10.6. The third kappa shape index (κ3) is 2.81. The van der Waals surface area contributed by atoms with E-state index in [2.05, 4.69) is 4.74 Å². The molecule has 78 valence electrons. The van der Waals surface area contributed by atoms with E-state index in [0.717, 1.165) is 6.07 Å². The van der Waals surface area contributed by atoms with Crippen LogP contribution in [0.25, 0.3) is 0 Å². The third-order valence-corrected chi connectivity index (χ3v) is 1.50. The molecule has 0 amide bonds. The van der Waals surface area contributed by atoms with Crippen LogP contribution in [0.15, 0.2) is 18.2 Å². The maximum atomic E-state index is 11.8. The largest absolute Gasteiger partial charge is 0.573 e. The summed E-state index contributed by atoms with van der Waals surface area (Å²) in [4.78, 5) is 0. The van der Waals surface area contributed by atoms with Crippen molar-refractivity contribution in [1.29, 1.82) is 0 Å². The summed E-state index contributed by atoms with van der Waals surface area (Å²) in [6.45, 7) is -0.0916. The smallest absolute Gasteiger partial charge is 0.508 e. The molecule has 3 N–H and O–H groups in total. The highest BCUT2D eigenvalue weighted by Crippen LogP contribution is 2.29. The van der Waals surface area contributed by atoms with Gasteiger partial charge in [-0.3, -0.25) is 0 Å². The first-order valence-corrected chi connectivity index (χ1v) is 3.70. The van der Waals surface area contributed by atoms with Crippen LogP contribution in [0.2, 0.25) is 0 Å². The lowest BCUT2D eigenvalue weighted by atomic mass is 10.2. The molecule has 14 heavy (non-hydrogen) atoms. The second kappa shape index (κ2) is 3.75. The highest BCUT2D eigenvalue weighted by Gasteiger charge is 2.32. The molecule has 0 aliphatic carbocycles. The average molecular weight is 207 g/mol. The van der Waals surface area contributed by atoms with Gasteiger partial charge in [0.25, 0.3) is 0 Å². The van der Waals surface area contributed by atoms with Gasteiger partial charge in [0, 0.05) is 18.2 Å². The van der Waals surface area contributed by atoms with Gasteiger partial charge in [0.15, 0.2) is 0 Å². The first-order valence-electron chi connectivity index (χ1n) is 3.70. The molecule has 6 heteroatoms. The van der Waals surface area contributed by atoms with Crippen molar-refractivity contribution in [2.24, 2.45) is 5.73 Å². The minimum absolute atomic E-state index is 0.0916. The normalized spacial score (nSPS) is 11.4. The molecule has 0 spiro atoms. The van der Waals surface area contributed by atoms with Crippen LogP contribution in [-0.4, -0.2) is 11.5 Å². The number of alkyl halides is 3. The molecule has 0 aliphatic rings. The molecule has 1 aromatic rings. The molecule has 0 saturated carbocycles. The summed E-state index contributed by atoms with van der Waals surface area (Å²) < 4.78 is 39.2. The fourth-order valence-electron chi connectivity index (χ4n) is 0.932. The Morgan fingerprint density at radius 1 is 1.36 bits per heavy atom. The van der Waals surface area contributed by atoms with E-state index in [1.165, 1.54) is 12.1 Å². The molecular formula is C8H8F3NO2. The van der Waals surface area contributed by atoms with Gasteiger partial charge in [0.1, 0.15) is 11.5 Å². The van der Waals surface area contributed by atoms with E-state index in [9.17, 15) is 13.2 Å². The van der Waals surface area contributed by atoms with Crippen molar-refractivity contribution in [2.75, 3.05) is 0 Å². The van der Waals surface area contributed by atoms with Crippen LogP contribution in [0, 0.1) is 0 Å². The van der Waals surface area contributed by atoms with E-state index in [1.54, 1.807) is 0 Å². The molecule has 0 unspecified atom stereocenters. The Bertz CT molecular complexity index is 325. The third-order valence-electron chi connectivity index (χ3n) is 1.50. The second-order valence-electron chi connectivity index (χ2n) is 2.54. The van der Waals surface area contributed by atoms with E-state index >= 15 is 0 Å². The molecule has 0 radical (unpaired) electrons. The zero-order valence-electron chi connectivity index (χ0n) is 7.01. The van der Waals surface area contributed by atoms with Crippen molar-refractivity contribution in [2.45, 2.75) is 12.9 Å². The standard InChI is InChI=1S/C8H8F3NO2/c9-8(10,11)14-7-3-6(13)2-1-5(7)4-12/h1-3,13H,4,12H2. The van der Waals surface area contributed by atoms with E-state index in [4.69, 9.17) is 10.8 Å². The van der Waals surface area contributed by atoms with Crippen LogP contribution >= 0.6 is 0 Å². The van der Waals surface area contributed by atoms with Crippen molar-refractivity contribution >= 4 is 0 Å². The number of hydrogen-bond acceptors (Lipinski definition) is 3. The Morgan fingerprint density at radius 2 is 2.00 bits per heavy atom. The Morgan fingerprint density at radius 3 is 2.50 bits per heavy atom. The predicted octanol–water partition coefficient (Wildman–Crippen LogP) is 1.75. The van der Waals surface area contributed by atoms with Crippen molar-refractivity contribution in [3.8, 4) is 11.5 Å². The van der Waals surface area contributed by atoms with Crippen molar-refractivity contribution < 1.29 is 23.0 Å². The molecule has 3 nitrogen and oxygen atoms in total. The van der Waals surface area contributed by atoms with Gasteiger partial charge in [-0.05, 0) is 6.07 Å². The lowest BCUT2D eigenvalue weighted by Gasteiger charge is -2.12. The number of halogens is 3.